The molecule has 0 heterocycles. The molecule has 2 heteroatoms. The Morgan fingerprint density at radius 3 is 2.83 bits per heavy atom. The molecule has 0 spiro atoms. The van der Waals surface area contributed by atoms with Crippen LogP contribution in [0.4, 0.5) is 0 Å². The summed E-state index contributed by atoms with van der Waals surface area (Å²) in [5.41, 5.74) is 3.73. The Balaban J connectivity index is 2.03. The van der Waals surface area contributed by atoms with Gasteiger partial charge in [0.25, 0.3) is 0 Å². The van der Waals surface area contributed by atoms with Gasteiger partial charge in [-0.3, -0.25) is 0 Å². The van der Waals surface area contributed by atoms with Gasteiger partial charge in [0.1, 0.15) is 12.4 Å². The van der Waals surface area contributed by atoms with Crippen molar-refractivity contribution in [2.24, 2.45) is 0 Å². The molecule has 0 saturated heterocycles. The molecule has 0 aliphatic heterocycles. The molecule has 120 valence electrons. The topological polar surface area (TPSA) is 29.5 Å². The lowest BCUT2D eigenvalue weighted by Gasteiger charge is -2.12. The first-order valence-electron chi connectivity index (χ1n) is 8.37. The van der Waals surface area contributed by atoms with Crippen LogP contribution < -0.4 is 10.4 Å². The highest BCUT2D eigenvalue weighted by Gasteiger charge is 2.18. The largest absolute Gasteiger partial charge is 0.491 e. The molecule has 24 heavy (non-hydrogen) atoms. The maximum atomic E-state index is 9.07. The maximum absolute atomic E-state index is 9.07. The van der Waals surface area contributed by atoms with Crippen LogP contribution in [0.3, 0.4) is 0 Å². The molecule has 2 aliphatic carbocycles. The van der Waals surface area contributed by atoms with Crippen molar-refractivity contribution < 1.29 is 9.84 Å². The van der Waals surface area contributed by atoms with Crippen LogP contribution >= 0.6 is 0 Å². The van der Waals surface area contributed by atoms with E-state index in [0.29, 0.717) is 6.61 Å². The molecular weight excluding hydrogens is 296 g/mol. The predicted molar refractivity (Wildman–Crippen MR) is 97.2 cm³/mol. The van der Waals surface area contributed by atoms with Gasteiger partial charge in [0.05, 0.1) is 6.61 Å². The second kappa shape index (κ2) is 6.14. The van der Waals surface area contributed by atoms with E-state index in [1.54, 1.807) is 0 Å². The Hall–Kier alpha value is -2.58. The minimum Gasteiger partial charge on any atom is -0.491 e. The number of allylic oxidation sites excluding steroid dienone is 3. The first-order chi connectivity index (χ1) is 11.8. The van der Waals surface area contributed by atoms with Crippen LogP contribution in [0, 0.1) is 10.4 Å². The summed E-state index contributed by atoms with van der Waals surface area (Å²) in [5, 5.41) is 14.1. The highest BCUT2D eigenvalue weighted by Crippen LogP contribution is 2.31. The van der Waals surface area contributed by atoms with Crippen molar-refractivity contribution in [3.05, 3.63) is 86.3 Å². The van der Waals surface area contributed by atoms with Crippen molar-refractivity contribution in [1.29, 1.82) is 0 Å². The van der Waals surface area contributed by atoms with Crippen LogP contribution in [0.5, 0.6) is 0 Å². The van der Waals surface area contributed by atoms with E-state index in [4.69, 9.17) is 9.84 Å². The molecule has 0 atom stereocenters. The van der Waals surface area contributed by atoms with Crippen LogP contribution in [0.25, 0.3) is 17.7 Å². The summed E-state index contributed by atoms with van der Waals surface area (Å²) in [7, 11) is 0. The van der Waals surface area contributed by atoms with Crippen LogP contribution in [0.1, 0.15) is 24.5 Å². The molecule has 0 radical (unpaired) electrons. The molecular formula is C22H20O2. The normalized spacial score (nSPS) is 15.5. The minimum absolute atomic E-state index is 0.0296. The summed E-state index contributed by atoms with van der Waals surface area (Å²) < 4.78 is 5.77. The molecule has 1 N–H and O–H groups in total. The fraction of sp³-hybridized carbons (Fsp3) is 0.182. The monoisotopic (exact) mass is 316 g/mol. The van der Waals surface area contributed by atoms with Crippen molar-refractivity contribution in [2.75, 3.05) is 13.2 Å². The third kappa shape index (κ3) is 2.31. The van der Waals surface area contributed by atoms with Gasteiger partial charge in [-0.25, -0.2) is 0 Å². The van der Waals surface area contributed by atoms with E-state index < -0.39 is 0 Å². The van der Waals surface area contributed by atoms with E-state index in [1.807, 2.05) is 6.08 Å². The number of rotatable bonds is 4. The lowest BCUT2D eigenvalue weighted by Crippen LogP contribution is -2.11. The number of benzene rings is 2. The molecule has 0 unspecified atom stereocenters. The van der Waals surface area contributed by atoms with Crippen molar-refractivity contribution in [3.63, 3.8) is 0 Å². The van der Waals surface area contributed by atoms with Gasteiger partial charge in [0.2, 0.25) is 0 Å². The molecule has 2 aromatic carbocycles. The zero-order valence-corrected chi connectivity index (χ0v) is 13.8. The van der Waals surface area contributed by atoms with Gasteiger partial charge in [0.15, 0.2) is 0 Å². The van der Waals surface area contributed by atoms with Gasteiger partial charge in [0, 0.05) is 5.57 Å². The van der Waals surface area contributed by atoms with Gasteiger partial charge in [-0.1, -0.05) is 48.6 Å². The number of hydrogen-bond acceptors (Lipinski definition) is 2. The summed E-state index contributed by atoms with van der Waals surface area (Å²) in [6.45, 7) is 2.43. The molecule has 2 aromatic rings. The highest BCUT2D eigenvalue weighted by atomic mass is 16.5. The SMILES string of the molecule is CC=c1ccc2c(c1C1=C(OCCO)C=CC1)C=c1ccccc1=2. The van der Waals surface area contributed by atoms with Gasteiger partial charge >= 0.3 is 0 Å². The third-order valence-corrected chi connectivity index (χ3v) is 4.68. The van der Waals surface area contributed by atoms with Gasteiger partial charge in [-0.2, -0.15) is 0 Å². The zero-order chi connectivity index (χ0) is 16.5. The maximum Gasteiger partial charge on any atom is 0.123 e. The summed E-state index contributed by atoms with van der Waals surface area (Å²) in [5.74, 6) is 0.880. The molecule has 4 rings (SSSR count). The Morgan fingerprint density at radius 1 is 1.12 bits per heavy atom. The van der Waals surface area contributed by atoms with Crippen molar-refractivity contribution in [3.8, 4) is 0 Å². The average Bonchev–Trinajstić information content (AvgIpc) is 3.23. The number of aliphatic hydroxyl groups excluding tert-OH is 1. The number of ether oxygens (including phenoxy) is 1. The third-order valence-electron chi connectivity index (χ3n) is 4.68. The summed E-state index contributed by atoms with van der Waals surface area (Å²) in [6, 6.07) is 12.9. The van der Waals surface area contributed by atoms with Crippen molar-refractivity contribution in [1.82, 2.24) is 0 Å². The number of aliphatic hydroxyl groups is 1. The van der Waals surface area contributed by atoms with E-state index in [0.717, 1.165) is 12.2 Å². The molecule has 0 aromatic heterocycles. The first kappa shape index (κ1) is 15.0. The fourth-order valence-corrected chi connectivity index (χ4v) is 3.62. The highest BCUT2D eigenvalue weighted by molar-refractivity contribution is 5.81. The van der Waals surface area contributed by atoms with Crippen LogP contribution in [-0.2, 0) is 4.74 Å². The molecule has 0 amide bonds. The lowest BCUT2D eigenvalue weighted by molar-refractivity contribution is 0.153. The molecule has 2 nitrogen and oxygen atoms in total. The Morgan fingerprint density at radius 2 is 2.00 bits per heavy atom. The summed E-state index contributed by atoms with van der Waals surface area (Å²) >= 11 is 0. The second-order valence-corrected chi connectivity index (χ2v) is 6.03. The molecule has 0 fully saturated rings. The van der Waals surface area contributed by atoms with Crippen molar-refractivity contribution in [2.45, 2.75) is 13.3 Å². The van der Waals surface area contributed by atoms with E-state index in [2.05, 4.69) is 61.5 Å². The zero-order valence-electron chi connectivity index (χ0n) is 13.8. The predicted octanol–water partition coefficient (Wildman–Crippen LogP) is 2.60. The minimum atomic E-state index is 0.0296. The van der Waals surface area contributed by atoms with E-state index in [9.17, 15) is 0 Å². The summed E-state index contributed by atoms with van der Waals surface area (Å²) in [4.78, 5) is 0. The second-order valence-electron chi connectivity index (χ2n) is 6.03. The molecule has 0 bridgehead atoms. The Bertz CT molecular complexity index is 1070. The van der Waals surface area contributed by atoms with Gasteiger partial charge < -0.3 is 9.84 Å². The van der Waals surface area contributed by atoms with Crippen LogP contribution in [-0.4, -0.2) is 18.3 Å². The Labute approximate surface area is 141 Å². The number of fused-ring (bicyclic) bond motifs is 2. The van der Waals surface area contributed by atoms with E-state index in [1.165, 1.54) is 37.6 Å². The standard InChI is InChI=1S/C22H20O2/c1-2-15-10-11-18-17-7-4-3-6-16(17)14-20(18)22(15)19-8-5-9-21(19)24-13-12-23/h2-7,9-11,14,23H,8,12-13H2,1H3. The van der Waals surface area contributed by atoms with Gasteiger partial charge in [-0.05, 0) is 57.5 Å². The molecule has 0 saturated carbocycles. The van der Waals surface area contributed by atoms with Gasteiger partial charge in [-0.15, -0.1) is 0 Å². The summed E-state index contributed by atoms with van der Waals surface area (Å²) in [6.07, 6.45) is 9.44. The smallest absolute Gasteiger partial charge is 0.123 e. The first-order valence-corrected chi connectivity index (χ1v) is 8.37. The average molecular weight is 316 g/mol. The van der Waals surface area contributed by atoms with Crippen LogP contribution in [0.2, 0.25) is 0 Å². The Kier molecular flexibility index (Phi) is 3.83. The number of hydrogen-bond donors (Lipinski definition) is 1. The van der Waals surface area contributed by atoms with Crippen LogP contribution in [0.15, 0.2) is 54.3 Å². The quantitative estimate of drug-likeness (QED) is 0.802. The lowest BCUT2D eigenvalue weighted by atomic mass is 9.95. The van der Waals surface area contributed by atoms with E-state index >= 15 is 0 Å². The fourth-order valence-electron chi connectivity index (χ4n) is 3.62. The molecule has 2 aliphatic rings. The van der Waals surface area contributed by atoms with E-state index in [-0.39, 0.29) is 6.61 Å². The van der Waals surface area contributed by atoms with Crippen molar-refractivity contribution >= 4 is 17.7 Å².